The van der Waals surface area contributed by atoms with Crippen LogP contribution in [0.2, 0.25) is 0 Å². The molecule has 0 amide bonds. The van der Waals surface area contributed by atoms with E-state index in [0.29, 0.717) is 11.5 Å². The fourth-order valence-electron chi connectivity index (χ4n) is 2.35. The fourth-order valence-corrected chi connectivity index (χ4v) is 2.35. The molecule has 1 aliphatic rings. The van der Waals surface area contributed by atoms with Gasteiger partial charge >= 0.3 is 0 Å². The Morgan fingerprint density at radius 1 is 1.18 bits per heavy atom. The SMILES string of the molecule is CCCNC(CN(CCC)C1CC1)C(C)(C)C. The van der Waals surface area contributed by atoms with E-state index in [1.807, 2.05) is 0 Å². The van der Waals surface area contributed by atoms with Gasteiger partial charge in [0, 0.05) is 18.6 Å². The molecule has 1 N–H and O–H groups in total. The van der Waals surface area contributed by atoms with Crippen LogP contribution in [0.5, 0.6) is 0 Å². The van der Waals surface area contributed by atoms with E-state index in [0.717, 1.165) is 12.6 Å². The van der Waals surface area contributed by atoms with Crippen molar-refractivity contribution in [3.8, 4) is 0 Å². The monoisotopic (exact) mass is 240 g/mol. The van der Waals surface area contributed by atoms with Gasteiger partial charge in [0.05, 0.1) is 0 Å². The summed E-state index contributed by atoms with van der Waals surface area (Å²) in [6.07, 6.45) is 5.35. The molecule has 2 nitrogen and oxygen atoms in total. The van der Waals surface area contributed by atoms with Crippen LogP contribution in [0.25, 0.3) is 0 Å². The molecule has 0 aliphatic heterocycles. The van der Waals surface area contributed by atoms with E-state index in [1.165, 1.54) is 38.8 Å². The van der Waals surface area contributed by atoms with E-state index in [-0.39, 0.29) is 0 Å². The average molecular weight is 240 g/mol. The summed E-state index contributed by atoms with van der Waals surface area (Å²) in [5.74, 6) is 0. The second-order valence-corrected chi connectivity index (χ2v) is 6.60. The van der Waals surface area contributed by atoms with Gasteiger partial charge in [-0.2, -0.15) is 0 Å². The molecule has 0 radical (unpaired) electrons. The summed E-state index contributed by atoms with van der Waals surface area (Å²) in [5, 5.41) is 3.74. The topological polar surface area (TPSA) is 15.3 Å². The molecule has 17 heavy (non-hydrogen) atoms. The van der Waals surface area contributed by atoms with Crippen molar-refractivity contribution in [3.63, 3.8) is 0 Å². The smallest absolute Gasteiger partial charge is 0.0243 e. The van der Waals surface area contributed by atoms with Crippen LogP contribution >= 0.6 is 0 Å². The third-order valence-corrected chi connectivity index (χ3v) is 3.68. The van der Waals surface area contributed by atoms with E-state index < -0.39 is 0 Å². The lowest BCUT2D eigenvalue weighted by molar-refractivity contribution is 0.166. The third-order valence-electron chi connectivity index (χ3n) is 3.68. The predicted molar refractivity (Wildman–Crippen MR) is 76.4 cm³/mol. The van der Waals surface area contributed by atoms with Crippen LogP contribution in [-0.2, 0) is 0 Å². The predicted octanol–water partition coefficient (Wildman–Crippen LogP) is 3.28. The maximum atomic E-state index is 3.74. The van der Waals surface area contributed by atoms with Gasteiger partial charge in [0.2, 0.25) is 0 Å². The standard InChI is InChI=1S/C15H32N2/c1-6-10-16-14(15(3,4)5)12-17(11-7-2)13-8-9-13/h13-14,16H,6-12H2,1-5H3. The van der Waals surface area contributed by atoms with Crippen molar-refractivity contribution in [1.29, 1.82) is 0 Å². The van der Waals surface area contributed by atoms with Crippen molar-refractivity contribution in [1.82, 2.24) is 10.2 Å². The third kappa shape index (κ3) is 5.39. The molecular formula is C15H32N2. The first-order valence-electron chi connectivity index (χ1n) is 7.46. The zero-order chi connectivity index (χ0) is 12.9. The molecule has 1 aliphatic carbocycles. The molecule has 1 atom stereocenters. The molecular weight excluding hydrogens is 208 g/mol. The summed E-state index contributed by atoms with van der Waals surface area (Å²) in [7, 11) is 0. The Labute approximate surface area is 108 Å². The van der Waals surface area contributed by atoms with Crippen LogP contribution in [0.15, 0.2) is 0 Å². The first-order valence-corrected chi connectivity index (χ1v) is 7.46. The summed E-state index contributed by atoms with van der Waals surface area (Å²) in [6, 6.07) is 1.51. The summed E-state index contributed by atoms with van der Waals surface area (Å²) >= 11 is 0. The Bertz CT molecular complexity index is 203. The molecule has 0 heterocycles. The lowest BCUT2D eigenvalue weighted by Crippen LogP contribution is -2.49. The molecule has 1 saturated carbocycles. The Hall–Kier alpha value is -0.0800. The molecule has 2 heteroatoms. The molecule has 0 aromatic rings. The minimum atomic E-state index is 0.357. The molecule has 0 spiro atoms. The van der Waals surface area contributed by atoms with E-state index >= 15 is 0 Å². The fraction of sp³-hybridized carbons (Fsp3) is 1.00. The highest BCUT2D eigenvalue weighted by Crippen LogP contribution is 2.29. The van der Waals surface area contributed by atoms with Crippen LogP contribution in [0.4, 0.5) is 0 Å². The number of rotatable bonds is 8. The molecule has 1 fully saturated rings. The lowest BCUT2D eigenvalue weighted by Gasteiger charge is -2.36. The first kappa shape index (κ1) is 15.0. The lowest BCUT2D eigenvalue weighted by atomic mass is 9.86. The van der Waals surface area contributed by atoms with Gasteiger partial charge in [0.25, 0.3) is 0 Å². The van der Waals surface area contributed by atoms with Crippen LogP contribution in [0.3, 0.4) is 0 Å². The van der Waals surface area contributed by atoms with Crippen LogP contribution < -0.4 is 5.32 Å². The van der Waals surface area contributed by atoms with E-state index in [2.05, 4.69) is 44.8 Å². The van der Waals surface area contributed by atoms with Gasteiger partial charge in [0.1, 0.15) is 0 Å². The Kier molecular flexibility index (Phi) is 5.94. The Morgan fingerprint density at radius 3 is 2.24 bits per heavy atom. The van der Waals surface area contributed by atoms with Gasteiger partial charge in [-0.3, -0.25) is 4.90 Å². The summed E-state index contributed by atoms with van der Waals surface area (Å²) in [6.45, 7) is 15.3. The van der Waals surface area contributed by atoms with Crippen molar-refractivity contribution in [2.24, 2.45) is 5.41 Å². The maximum Gasteiger partial charge on any atom is 0.0243 e. The van der Waals surface area contributed by atoms with E-state index in [1.54, 1.807) is 0 Å². The Balaban J connectivity index is 2.50. The highest BCUT2D eigenvalue weighted by atomic mass is 15.2. The van der Waals surface area contributed by atoms with Gasteiger partial charge in [-0.25, -0.2) is 0 Å². The minimum absolute atomic E-state index is 0.357. The molecule has 102 valence electrons. The molecule has 0 saturated heterocycles. The first-order chi connectivity index (χ1) is 7.99. The average Bonchev–Trinajstić information content (AvgIpc) is 3.04. The minimum Gasteiger partial charge on any atom is -0.312 e. The number of hydrogen-bond donors (Lipinski definition) is 1. The summed E-state index contributed by atoms with van der Waals surface area (Å²) < 4.78 is 0. The summed E-state index contributed by atoms with van der Waals surface area (Å²) in [5.41, 5.74) is 0.357. The quantitative estimate of drug-likeness (QED) is 0.700. The number of hydrogen-bond acceptors (Lipinski definition) is 2. The van der Waals surface area contributed by atoms with Crippen molar-refractivity contribution < 1.29 is 0 Å². The van der Waals surface area contributed by atoms with Gasteiger partial charge in [-0.05, 0) is 44.2 Å². The maximum absolute atomic E-state index is 3.74. The van der Waals surface area contributed by atoms with Gasteiger partial charge in [-0.15, -0.1) is 0 Å². The second kappa shape index (κ2) is 6.75. The highest BCUT2D eigenvalue weighted by Gasteiger charge is 2.33. The number of nitrogens with zero attached hydrogens (tertiary/aromatic N) is 1. The molecule has 1 rings (SSSR count). The highest BCUT2D eigenvalue weighted by molar-refractivity contribution is 4.90. The van der Waals surface area contributed by atoms with Crippen LogP contribution in [0.1, 0.15) is 60.3 Å². The Morgan fingerprint density at radius 2 is 1.82 bits per heavy atom. The number of nitrogens with one attached hydrogen (secondary N) is 1. The molecule has 0 aromatic heterocycles. The van der Waals surface area contributed by atoms with E-state index in [4.69, 9.17) is 0 Å². The van der Waals surface area contributed by atoms with Crippen LogP contribution in [-0.4, -0.2) is 36.6 Å². The molecule has 0 aromatic carbocycles. The summed E-state index contributed by atoms with van der Waals surface area (Å²) in [4.78, 5) is 2.71. The molecule has 1 unspecified atom stereocenters. The zero-order valence-electron chi connectivity index (χ0n) is 12.6. The molecule has 0 bridgehead atoms. The van der Waals surface area contributed by atoms with Gasteiger partial charge < -0.3 is 5.32 Å². The van der Waals surface area contributed by atoms with E-state index in [9.17, 15) is 0 Å². The van der Waals surface area contributed by atoms with Gasteiger partial charge in [-0.1, -0.05) is 34.6 Å². The largest absolute Gasteiger partial charge is 0.312 e. The van der Waals surface area contributed by atoms with Crippen molar-refractivity contribution in [3.05, 3.63) is 0 Å². The van der Waals surface area contributed by atoms with Crippen molar-refractivity contribution in [2.45, 2.75) is 72.4 Å². The second-order valence-electron chi connectivity index (χ2n) is 6.60. The van der Waals surface area contributed by atoms with Crippen molar-refractivity contribution >= 4 is 0 Å². The van der Waals surface area contributed by atoms with Gasteiger partial charge in [0.15, 0.2) is 0 Å². The normalized spacial score (nSPS) is 18.7. The zero-order valence-corrected chi connectivity index (χ0v) is 12.6. The van der Waals surface area contributed by atoms with Crippen molar-refractivity contribution in [2.75, 3.05) is 19.6 Å². The van der Waals surface area contributed by atoms with Crippen LogP contribution in [0, 0.1) is 5.41 Å².